The highest BCUT2D eigenvalue weighted by Gasteiger charge is 2.46. The molecule has 1 aliphatic carbocycles. The zero-order valence-electron chi connectivity index (χ0n) is 18.2. The van der Waals surface area contributed by atoms with Crippen LogP contribution in [0.1, 0.15) is 39.0 Å². The van der Waals surface area contributed by atoms with Crippen molar-refractivity contribution in [1.29, 1.82) is 0 Å². The van der Waals surface area contributed by atoms with Crippen LogP contribution >= 0.6 is 0 Å². The van der Waals surface area contributed by atoms with Crippen molar-refractivity contribution in [3.63, 3.8) is 0 Å². The van der Waals surface area contributed by atoms with Gasteiger partial charge in [-0.2, -0.15) is 0 Å². The van der Waals surface area contributed by atoms with E-state index in [9.17, 15) is 14.4 Å². The van der Waals surface area contributed by atoms with Crippen LogP contribution in [-0.2, 0) is 14.4 Å². The molecule has 168 valence electrons. The summed E-state index contributed by atoms with van der Waals surface area (Å²) >= 11 is 0. The van der Waals surface area contributed by atoms with Gasteiger partial charge in [-0.25, -0.2) is 4.90 Å². The molecule has 2 aromatic rings. The minimum Gasteiger partial charge on any atom is -0.494 e. The van der Waals surface area contributed by atoms with Gasteiger partial charge in [0.25, 0.3) is 11.8 Å². The lowest BCUT2D eigenvalue weighted by atomic mass is 10.1. The lowest BCUT2D eigenvalue weighted by Gasteiger charge is -2.33. The highest BCUT2D eigenvalue weighted by atomic mass is 16.5. The summed E-state index contributed by atoms with van der Waals surface area (Å²) in [5.41, 5.74) is 0.491. The molecule has 2 aliphatic rings. The van der Waals surface area contributed by atoms with Gasteiger partial charge in [-0.15, -0.1) is 0 Å². The molecule has 1 unspecified atom stereocenters. The standard InChI is InChI=1S/C25H28N2O5/c1-2-31-21-14-12-19(13-15-21)27-23(28)16-22(25(27)30)26(18-8-6-7-9-18)24(29)17-32-20-10-4-3-5-11-20/h3-5,10-15,18,22H,2,6-9,16-17H2,1H3. The Morgan fingerprint density at radius 3 is 2.28 bits per heavy atom. The quantitative estimate of drug-likeness (QED) is 0.592. The lowest BCUT2D eigenvalue weighted by Crippen LogP contribution is -2.51. The summed E-state index contributed by atoms with van der Waals surface area (Å²) in [5.74, 6) is 0.341. The van der Waals surface area contributed by atoms with Gasteiger partial charge < -0.3 is 14.4 Å². The van der Waals surface area contributed by atoms with Crippen LogP contribution in [0.5, 0.6) is 11.5 Å². The van der Waals surface area contributed by atoms with Crippen molar-refractivity contribution in [2.45, 2.75) is 51.1 Å². The first-order chi connectivity index (χ1) is 15.6. The number of nitrogens with zero attached hydrogens (tertiary/aromatic N) is 2. The molecular formula is C25H28N2O5. The fourth-order valence-corrected chi connectivity index (χ4v) is 4.51. The first-order valence-electron chi connectivity index (χ1n) is 11.2. The number of hydrogen-bond donors (Lipinski definition) is 0. The Kier molecular flexibility index (Phi) is 6.73. The largest absolute Gasteiger partial charge is 0.494 e. The summed E-state index contributed by atoms with van der Waals surface area (Å²) in [5, 5.41) is 0. The number of hydrogen-bond acceptors (Lipinski definition) is 5. The Balaban J connectivity index is 1.52. The average Bonchev–Trinajstić information content (AvgIpc) is 3.43. The second-order valence-corrected chi connectivity index (χ2v) is 8.06. The van der Waals surface area contributed by atoms with E-state index in [-0.39, 0.29) is 36.8 Å². The van der Waals surface area contributed by atoms with Gasteiger partial charge in [0, 0.05) is 6.04 Å². The Labute approximate surface area is 187 Å². The molecule has 2 fully saturated rings. The molecule has 1 saturated carbocycles. The summed E-state index contributed by atoms with van der Waals surface area (Å²) in [6.07, 6.45) is 3.66. The summed E-state index contributed by atoms with van der Waals surface area (Å²) in [6, 6.07) is 15.1. The number of para-hydroxylation sites is 1. The summed E-state index contributed by atoms with van der Waals surface area (Å²) in [6.45, 7) is 2.26. The normalized spacial score (nSPS) is 18.8. The molecule has 4 rings (SSSR count). The number of anilines is 1. The first kappa shape index (κ1) is 21.9. The van der Waals surface area contributed by atoms with Gasteiger partial charge in [0.15, 0.2) is 6.61 Å². The van der Waals surface area contributed by atoms with Crippen LogP contribution in [0, 0.1) is 0 Å². The van der Waals surface area contributed by atoms with Crippen LogP contribution in [0.15, 0.2) is 54.6 Å². The molecule has 0 N–H and O–H groups in total. The fourth-order valence-electron chi connectivity index (χ4n) is 4.51. The zero-order chi connectivity index (χ0) is 22.5. The van der Waals surface area contributed by atoms with Gasteiger partial charge >= 0.3 is 0 Å². The van der Waals surface area contributed by atoms with Crippen molar-refractivity contribution in [3.05, 3.63) is 54.6 Å². The van der Waals surface area contributed by atoms with Gasteiger partial charge in [0.1, 0.15) is 17.5 Å². The molecule has 2 aromatic carbocycles. The van der Waals surface area contributed by atoms with Crippen LogP contribution < -0.4 is 14.4 Å². The lowest BCUT2D eigenvalue weighted by molar-refractivity contribution is -0.142. The molecule has 7 nitrogen and oxygen atoms in total. The topological polar surface area (TPSA) is 76.2 Å². The predicted octanol–water partition coefficient (Wildman–Crippen LogP) is 3.57. The maximum atomic E-state index is 13.3. The van der Waals surface area contributed by atoms with Crippen LogP contribution in [0.3, 0.4) is 0 Å². The highest BCUT2D eigenvalue weighted by Crippen LogP contribution is 2.32. The van der Waals surface area contributed by atoms with E-state index in [2.05, 4.69) is 0 Å². The SMILES string of the molecule is CCOc1ccc(N2C(=O)CC(N(C(=O)COc3ccccc3)C3CCCC3)C2=O)cc1. The van der Waals surface area contributed by atoms with Gasteiger partial charge in [-0.05, 0) is 56.2 Å². The van der Waals surface area contributed by atoms with Gasteiger partial charge in [0.05, 0.1) is 18.7 Å². The molecule has 0 bridgehead atoms. The van der Waals surface area contributed by atoms with Crippen molar-refractivity contribution in [1.82, 2.24) is 4.90 Å². The molecule has 7 heteroatoms. The van der Waals surface area contributed by atoms with Gasteiger partial charge in [0.2, 0.25) is 5.91 Å². The van der Waals surface area contributed by atoms with Crippen molar-refractivity contribution < 1.29 is 23.9 Å². The Morgan fingerprint density at radius 2 is 1.62 bits per heavy atom. The van der Waals surface area contributed by atoms with Crippen LogP contribution in [-0.4, -0.2) is 47.9 Å². The van der Waals surface area contributed by atoms with E-state index in [4.69, 9.17) is 9.47 Å². The van der Waals surface area contributed by atoms with E-state index in [1.807, 2.05) is 25.1 Å². The third-order valence-corrected chi connectivity index (χ3v) is 5.98. The average molecular weight is 437 g/mol. The smallest absolute Gasteiger partial charge is 0.261 e. The van der Waals surface area contributed by atoms with Crippen LogP contribution in [0.25, 0.3) is 0 Å². The minimum atomic E-state index is -0.802. The molecule has 0 radical (unpaired) electrons. The maximum absolute atomic E-state index is 13.3. The number of rotatable bonds is 8. The monoisotopic (exact) mass is 436 g/mol. The number of amides is 3. The third-order valence-electron chi connectivity index (χ3n) is 5.98. The van der Waals surface area contributed by atoms with Gasteiger partial charge in [-0.1, -0.05) is 31.0 Å². The van der Waals surface area contributed by atoms with Crippen molar-refractivity contribution in [3.8, 4) is 11.5 Å². The second-order valence-electron chi connectivity index (χ2n) is 8.06. The molecule has 0 aromatic heterocycles. The summed E-state index contributed by atoms with van der Waals surface area (Å²) in [7, 11) is 0. The summed E-state index contributed by atoms with van der Waals surface area (Å²) < 4.78 is 11.1. The first-order valence-corrected chi connectivity index (χ1v) is 11.2. The number of benzene rings is 2. The number of carbonyl (C=O) groups is 3. The third kappa shape index (κ3) is 4.61. The molecule has 0 spiro atoms. The second kappa shape index (κ2) is 9.85. The molecule has 1 heterocycles. The summed E-state index contributed by atoms with van der Waals surface area (Å²) in [4.78, 5) is 42.2. The molecule has 3 amide bonds. The van der Waals surface area contributed by atoms with Crippen LogP contribution in [0.4, 0.5) is 5.69 Å². The number of ether oxygens (including phenoxy) is 2. The molecule has 1 saturated heterocycles. The van der Waals surface area contributed by atoms with Crippen molar-refractivity contribution in [2.75, 3.05) is 18.1 Å². The maximum Gasteiger partial charge on any atom is 0.261 e. The number of imide groups is 1. The molecule has 1 atom stereocenters. The van der Waals surface area contributed by atoms with Crippen molar-refractivity contribution in [2.24, 2.45) is 0 Å². The zero-order valence-corrected chi connectivity index (χ0v) is 18.2. The van der Waals surface area contributed by atoms with Crippen molar-refractivity contribution >= 4 is 23.4 Å². The highest BCUT2D eigenvalue weighted by molar-refractivity contribution is 6.23. The van der Waals surface area contributed by atoms with E-state index in [1.165, 1.54) is 4.90 Å². The number of carbonyl (C=O) groups excluding carboxylic acids is 3. The van der Waals surface area contributed by atoms with E-state index in [0.717, 1.165) is 25.7 Å². The van der Waals surface area contributed by atoms with Gasteiger partial charge in [-0.3, -0.25) is 14.4 Å². The Hall–Kier alpha value is -3.35. The Bertz CT molecular complexity index is 954. The van der Waals surface area contributed by atoms with Crippen LogP contribution in [0.2, 0.25) is 0 Å². The molecular weight excluding hydrogens is 408 g/mol. The fraction of sp³-hybridized carbons (Fsp3) is 0.400. The Morgan fingerprint density at radius 1 is 0.969 bits per heavy atom. The predicted molar refractivity (Wildman–Crippen MR) is 120 cm³/mol. The molecule has 1 aliphatic heterocycles. The minimum absolute atomic E-state index is 0.0143. The van der Waals surface area contributed by atoms with E-state index in [1.54, 1.807) is 41.3 Å². The van der Waals surface area contributed by atoms with E-state index < -0.39 is 6.04 Å². The van der Waals surface area contributed by atoms with E-state index >= 15 is 0 Å². The van der Waals surface area contributed by atoms with E-state index in [0.29, 0.717) is 23.8 Å². The molecule has 32 heavy (non-hydrogen) atoms.